The van der Waals surface area contributed by atoms with E-state index in [-0.39, 0.29) is 0 Å². The smallest absolute Gasteiger partial charge is 0.409 e. The Kier molecular flexibility index (Phi) is 4.45. The van der Waals surface area contributed by atoms with Gasteiger partial charge in [-0.25, -0.2) is 9.78 Å². The van der Waals surface area contributed by atoms with Crippen LogP contribution >= 0.6 is 0 Å². The Morgan fingerprint density at radius 2 is 2.07 bits per heavy atom. The number of amides is 1. The van der Waals surface area contributed by atoms with Gasteiger partial charge in [-0.1, -0.05) is 18.2 Å². The van der Waals surface area contributed by atoms with Crippen molar-refractivity contribution in [3.8, 4) is 0 Å². The number of imidazole rings is 1. The zero-order chi connectivity index (χ0) is 10.9. The second-order valence-electron chi connectivity index (χ2n) is 2.56. The molecular weight excluding hydrogens is 194 g/mol. The molecular formula is C10H11N3O2. The van der Waals surface area contributed by atoms with Crippen LogP contribution in [0.2, 0.25) is 0 Å². The molecule has 0 spiro atoms. The number of hydrogen-bond acceptors (Lipinski definition) is 2. The molecule has 0 atom stereocenters. The van der Waals surface area contributed by atoms with Crippen LogP contribution in [0.4, 0.5) is 10.5 Å². The molecule has 78 valence electrons. The summed E-state index contributed by atoms with van der Waals surface area (Å²) in [6.07, 6.45) is 4.05. The molecule has 3 N–H and O–H groups in total. The van der Waals surface area contributed by atoms with E-state index < -0.39 is 6.09 Å². The molecule has 0 aliphatic heterocycles. The zero-order valence-corrected chi connectivity index (χ0v) is 7.92. The lowest BCUT2D eigenvalue weighted by Crippen LogP contribution is -2.06. The fraction of sp³-hybridized carbons (Fsp3) is 0. The minimum Gasteiger partial charge on any atom is -0.465 e. The Balaban J connectivity index is 0.000000187. The molecule has 15 heavy (non-hydrogen) atoms. The van der Waals surface area contributed by atoms with Gasteiger partial charge in [-0.15, -0.1) is 0 Å². The van der Waals surface area contributed by atoms with Crippen molar-refractivity contribution in [2.24, 2.45) is 0 Å². The molecule has 5 heteroatoms. The number of aromatic nitrogens is 2. The summed E-state index contributed by atoms with van der Waals surface area (Å²) in [5.41, 5.74) is 0.593. The molecule has 0 saturated heterocycles. The Hall–Kier alpha value is -2.30. The van der Waals surface area contributed by atoms with Crippen LogP contribution in [0.1, 0.15) is 0 Å². The minimum absolute atomic E-state index is 0.593. The molecule has 5 nitrogen and oxygen atoms in total. The van der Waals surface area contributed by atoms with Crippen molar-refractivity contribution in [3.05, 3.63) is 49.1 Å². The fourth-order valence-corrected chi connectivity index (χ4v) is 0.860. The number of nitrogens with zero attached hydrogens (tertiary/aromatic N) is 1. The van der Waals surface area contributed by atoms with E-state index in [9.17, 15) is 4.79 Å². The van der Waals surface area contributed by atoms with E-state index in [0.717, 1.165) is 0 Å². The summed E-state index contributed by atoms with van der Waals surface area (Å²) in [5, 5.41) is 10.5. The van der Waals surface area contributed by atoms with E-state index in [4.69, 9.17) is 5.11 Å². The van der Waals surface area contributed by atoms with Crippen molar-refractivity contribution in [1.82, 2.24) is 9.97 Å². The third kappa shape index (κ3) is 5.09. The maximum atomic E-state index is 10.1. The second-order valence-corrected chi connectivity index (χ2v) is 2.56. The maximum absolute atomic E-state index is 10.1. The summed E-state index contributed by atoms with van der Waals surface area (Å²) in [5.74, 6) is 0. The number of aromatic amines is 1. The lowest BCUT2D eigenvalue weighted by atomic mass is 10.3. The SMILES string of the molecule is O=C(O)Nc1ccccc1.c1c[nH]cn1. The first-order chi connectivity index (χ1) is 7.29. The number of carbonyl (C=O) groups is 1. The van der Waals surface area contributed by atoms with Crippen LogP contribution in [0, 0.1) is 0 Å². The number of H-pyrrole nitrogens is 1. The van der Waals surface area contributed by atoms with Gasteiger partial charge in [0.2, 0.25) is 0 Å². The predicted octanol–water partition coefficient (Wildman–Crippen LogP) is 2.19. The first-order valence-electron chi connectivity index (χ1n) is 4.27. The van der Waals surface area contributed by atoms with Crippen LogP contribution in [-0.4, -0.2) is 21.2 Å². The molecule has 0 aliphatic carbocycles. The van der Waals surface area contributed by atoms with E-state index in [1.165, 1.54) is 0 Å². The highest BCUT2D eigenvalue weighted by atomic mass is 16.4. The molecule has 0 bridgehead atoms. The molecule has 0 fully saturated rings. The monoisotopic (exact) mass is 205 g/mol. The third-order valence-corrected chi connectivity index (χ3v) is 1.43. The van der Waals surface area contributed by atoms with E-state index in [1.54, 1.807) is 43.0 Å². The Bertz CT molecular complexity index is 356. The predicted molar refractivity (Wildman–Crippen MR) is 56.7 cm³/mol. The average Bonchev–Trinajstić information content (AvgIpc) is 2.76. The largest absolute Gasteiger partial charge is 0.465 e. The van der Waals surface area contributed by atoms with Gasteiger partial charge in [-0.2, -0.15) is 0 Å². The number of carboxylic acid groups (broad SMARTS) is 1. The van der Waals surface area contributed by atoms with Crippen molar-refractivity contribution in [2.75, 3.05) is 5.32 Å². The standard InChI is InChI=1S/C7H7NO2.C3H4N2/c9-7(10)8-6-4-2-1-3-5-6;1-2-5-3-4-1/h1-5,8H,(H,9,10);1-3H,(H,4,5). The van der Waals surface area contributed by atoms with Gasteiger partial charge >= 0.3 is 6.09 Å². The summed E-state index contributed by atoms with van der Waals surface area (Å²) in [7, 11) is 0. The van der Waals surface area contributed by atoms with E-state index in [0.29, 0.717) is 5.69 Å². The van der Waals surface area contributed by atoms with Crippen LogP contribution in [0.3, 0.4) is 0 Å². The van der Waals surface area contributed by atoms with Crippen LogP contribution < -0.4 is 5.32 Å². The lowest BCUT2D eigenvalue weighted by Gasteiger charge is -1.96. The van der Waals surface area contributed by atoms with E-state index in [1.807, 2.05) is 6.07 Å². The molecule has 2 rings (SSSR count). The van der Waals surface area contributed by atoms with Gasteiger partial charge in [0.05, 0.1) is 6.33 Å². The number of anilines is 1. The first-order valence-corrected chi connectivity index (χ1v) is 4.27. The van der Waals surface area contributed by atoms with Gasteiger partial charge < -0.3 is 10.1 Å². The molecule has 0 saturated carbocycles. The topological polar surface area (TPSA) is 78.0 Å². The fourth-order valence-electron chi connectivity index (χ4n) is 0.860. The van der Waals surface area contributed by atoms with E-state index in [2.05, 4.69) is 15.3 Å². The van der Waals surface area contributed by atoms with Gasteiger partial charge in [-0.3, -0.25) is 5.32 Å². The van der Waals surface area contributed by atoms with Gasteiger partial charge in [0.1, 0.15) is 0 Å². The highest BCUT2D eigenvalue weighted by Gasteiger charge is 1.93. The minimum atomic E-state index is -1.04. The summed E-state index contributed by atoms with van der Waals surface area (Å²) in [6, 6.07) is 8.74. The van der Waals surface area contributed by atoms with E-state index >= 15 is 0 Å². The summed E-state index contributed by atoms with van der Waals surface area (Å²) in [4.78, 5) is 16.5. The van der Waals surface area contributed by atoms with Crippen LogP contribution in [0.5, 0.6) is 0 Å². The number of benzene rings is 1. The highest BCUT2D eigenvalue weighted by Crippen LogP contribution is 2.03. The molecule has 1 aromatic carbocycles. The van der Waals surface area contributed by atoms with Crippen molar-refractivity contribution in [2.45, 2.75) is 0 Å². The zero-order valence-electron chi connectivity index (χ0n) is 7.92. The van der Waals surface area contributed by atoms with Crippen molar-refractivity contribution >= 4 is 11.8 Å². The lowest BCUT2D eigenvalue weighted by molar-refractivity contribution is 0.210. The Morgan fingerprint density at radius 3 is 2.47 bits per heavy atom. The number of nitrogens with one attached hydrogen (secondary N) is 2. The average molecular weight is 205 g/mol. The number of hydrogen-bond donors (Lipinski definition) is 3. The van der Waals surface area contributed by atoms with Gasteiger partial charge in [-0.05, 0) is 12.1 Å². The van der Waals surface area contributed by atoms with Crippen LogP contribution in [0.25, 0.3) is 0 Å². The van der Waals surface area contributed by atoms with Gasteiger partial charge in [0.25, 0.3) is 0 Å². The second kappa shape index (κ2) is 6.20. The molecule has 2 aromatic rings. The Morgan fingerprint density at radius 1 is 1.33 bits per heavy atom. The first kappa shape index (κ1) is 10.8. The maximum Gasteiger partial charge on any atom is 0.409 e. The number of rotatable bonds is 1. The molecule has 0 unspecified atom stereocenters. The molecule has 1 aromatic heterocycles. The van der Waals surface area contributed by atoms with Crippen molar-refractivity contribution in [3.63, 3.8) is 0 Å². The quantitative estimate of drug-likeness (QED) is 0.667. The molecule has 1 heterocycles. The van der Waals surface area contributed by atoms with Crippen LogP contribution in [-0.2, 0) is 0 Å². The summed E-state index contributed by atoms with van der Waals surface area (Å²) >= 11 is 0. The van der Waals surface area contributed by atoms with Crippen molar-refractivity contribution < 1.29 is 9.90 Å². The van der Waals surface area contributed by atoms with Gasteiger partial charge in [0.15, 0.2) is 0 Å². The molecule has 1 amide bonds. The number of para-hydroxylation sites is 1. The Labute approximate surface area is 86.8 Å². The van der Waals surface area contributed by atoms with Crippen LogP contribution in [0.15, 0.2) is 49.1 Å². The van der Waals surface area contributed by atoms with Gasteiger partial charge in [0, 0.05) is 18.1 Å². The summed E-state index contributed by atoms with van der Waals surface area (Å²) < 4.78 is 0. The normalized spacial score (nSPS) is 8.53. The van der Waals surface area contributed by atoms with Crippen molar-refractivity contribution in [1.29, 1.82) is 0 Å². The highest BCUT2D eigenvalue weighted by molar-refractivity contribution is 5.82. The summed E-state index contributed by atoms with van der Waals surface area (Å²) in [6.45, 7) is 0. The molecule has 0 aliphatic rings. The third-order valence-electron chi connectivity index (χ3n) is 1.43. The molecule has 0 radical (unpaired) electrons.